The van der Waals surface area contributed by atoms with E-state index in [4.69, 9.17) is 21.7 Å². The zero-order valence-corrected chi connectivity index (χ0v) is 19.9. The molecule has 0 fully saturated rings. The van der Waals surface area contributed by atoms with Gasteiger partial charge in [0.15, 0.2) is 5.11 Å². The van der Waals surface area contributed by atoms with Crippen LogP contribution in [0.4, 0.5) is 5.69 Å². The lowest BCUT2D eigenvalue weighted by atomic mass is 10.2. The van der Waals surface area contributed by atoms with E-state index >= 15 is 0 Å². The van der Waals surface area contributed by atoms with Crippen molar-refractivity contribution >= 4 is 56.7 Å². The minimum atomic E-state index is -0.463. The van der Waals surface area contributed by atoms with E-state index in [1.54, 1.807) is 56.5 Å². The van der Waals surface area contributed by atoms with E-state index in [1.807, 2.05) is 0 Å². The number of nitrogens with one attached hydrogen (secondary N) is 4. The summed E-state index contributed by atoms with van der Waals surface area (Å²) in [5.41, 5.74) is 6.15. The average Bonchev–Trinajstić information content (AvgIpc) is 2.79. The van der Waals surface area contributed by atoms with Crippen molar-refractivity contribution in [3.05, 3.63) is 58.1 Å². The summed E-state index contributed by atoms with van der Waals surface area (Å²) in [7, 11) is 1.58. The summed E-state index contributed by atoms with van der Waals surface area (Å²) >= 11 is 8.41. The minimum absolute atomic E-state index is 0.0771. The number of carbonyl (C=O) groups is 3. The summed E-state index contributed by atoms with van der Waals surface area (Å²) in [6.45, 7) is 2.57. The predicted molar refractivity (Wildman–Crippen MR) is 128 cm³/mol. The smallest absolute Gasteiger partial charge is 0.269 e. The van der Waals surface area contributed by atoms with E-state index in [2.05, 4.69) is 37.4 Å². The van der Waals surface area contributed by atoms with Crippen LogP contribution in [0.5, 0.6) is 5.75 Å². The number of rotatable bonds is 8. The molecule has 0 aromatic heterocycles. The SMILES string of the molecule is CCC(=O)Nc1ccc(C(=O)NNC(=S)NC(=O)c2ccc(OCCOC)c(Br)c2)cc1. The first-order valence-electron chi connectivity index (χ1n) is 9.57. The molecule has 32 heavy (non-hydrogen) atoms. The summed E-state index contributed by atoms with van der Waals surface area (Å²) in [4.78, 5) is 36.0. The molecule has 0 aliphatic carbocycles. The summed E-state index contributed by atoms with van der Waals surface area (Å²) in [5.74, 6) is -0.468. The number of amides is 3. The van der Waals surface area contributed by atoms with Crippen LogP contribution in [0.15, 0.2) is 46.9 Å². The van der Waals surface area contributed by atoms with Crippen molar-refractivity contribution in [2.75, 3.05) is 25.6 Å². The zero-order chi connectivity index (χ0) is 23.5. The van der Waals surface area contributed by atoms with Crippen LogP contribution >= 0.6 is 28.1 Å². The fourth-order valence-electron chi connectivity index (χ4n) is 2.34. The van der Waals surface area contributed by atoms with Gasteiger partial charge in [-0.2, -0.15) is 0 Å². The lowest BCUT2D eigenvalue weighted by molar-refractivity contribution is -0.115. The molecule has 2 rings (SSSR count). The summed E-state index contributed by atoms with van der Waals surface area (Å²) < 4.78 is 11.1. The molecule has 0 radical (unpaired) electrons. The standard InChI is InChI=1S/C21H23BrN4O5S/c1-3-18(27)23-15-7-4-13(5-8-15)20(29)25-26-21(32)24-19(28)14-6-9-17(16(22)12-14)31-11-10-30-2/h4-9,12H,3,10-11H2,1-2H3,(H,23,27)(H,25,29)(H2,24,26,28,32). The molecule has 0 bridgehead atoms. The Morgan fingerprint density at radius 1 is 0.969 bits per heavy atom. The molecule has 0 atom stereocenters. The van der Waals surface area contributed by atoms with Crippen molar-refractivity contribution in [3.63, 3.8) is 0 Å². The molecule has 0 spiro atoms. The molecular formula is C21H23BrN4O5S. The minimum Gasteiger partial charge on any atom is -0.490 e. The van der Waals surface area contributed by atoms with Crippen LogP contribution in [0.3, 0.4) is 0 Å². The highest BCUT2D eigenvalue weighted by Crippen LogP contribution is 2.26. The van der Waals surface area contributed by atoms with E-state index in [0.29, 0.717) is 46.7 Å². The topological polar surface area (TPSA) is 118 Å². The van der Waals surface area contributed by atoms with Crippen LogP contribution in [-0.2, 0) is 9.53 Å². The molecule has 3 amide bonds. The second kappa shape index (κ2) is 12.7. The van der Waals surface area contributed by atoms with Crippen molar-refractivity contribution in [2.45, 2.75) is 13.3 Å². The molecule has 170 valence electrons. The van der Waals surface area contributed by atoms with Crippen molar-refractivity contribution in [1.29, 1.82) is 0 Å². The van der Waals surface area contributed by atoms with Gasteiger partial charge < -0.3 is 14.8 Å². The third-order valence-corrected chi connectivity index (χ3v) is 4.83. The number of thiocarbonyl (C=S) groups is 1. The molecule has 0 unspecified atom stereocenters. The highest BCUT2D eigenvalue weighted by atomic mass is 79.9. The highest BCUT2D eigenvalue weighted by molar-refractivity contribution is 9.10. The molecule has 0 saturated heterocycles. The molecule has 0 heterocycles. The first-order chi connectivity index (χ1) is 15.3. The fourth-order valence-corrected chi connectivity index (χ4v) is 2.98. The van der Waals surface area contributed by atoms with E-state index in [1.165, 1.54) is 0 Å². The lowest BCUT2D eigenvalue weighted by Gasteiger charge is -2.12. The first-order valence-corrected chi connectivity index (χ1v) is 10.8. The molecule has 2 aromatic rings. The summed E-state index contributed by atoms with van der Waals surface area (Å²) in [6, 6.07) is 11.2. The predicted octanol–water partition coefficient (Wildman–Crippen LogP) is 2.77. The number of hydrogen-bond donors (Lipinski definition) is 4. The quantitative estimate of drug-likeness (QED) is 0.239. The Kier molecular flexibility index (Phi) is 10.1. The van der Waals surface area contributed by atoms with Gasteiger partial charge in [-0.25, -0.2) is 0 Å². The highest BCUT2D eigenvalue weighted by Gasteiger charge is 2.12. The van der Waals surface area contributed by atoms with Crippen LogP contribution in [0.25, 0.3) is 0 Å². The van der Waals surface area contributed by atoms with E-state index in [-0.39, 0.29) is 11.0 Å². The Hall–Kier alpha value is -3.02. The van der Waals surface area contributed by atoms with Crippen molar-refractivity contribution in [3.8, 4) is 5.75 Å². The van der Waals surface area contributed by atoms with E-state index in [9.17, 15) is 14.4 Å². The third kappa shape index (κ3) is 7.91. The van der Waals surface area contributed by atoms with E-state index in [0.717, 1.165) is 0 Å². The third-order valence-electron chi connectivity index (χ3n) is 4.01. The molecule has 9 nitrogen and oxygen atoms in total. The number of methoxy groups -OCH3 is 1. The van der Waals surface area contributed by atoms with Gasteiger partial charge in [-0.1, -0.05) is 6.92 Å². The van der Waals surface area contributed by atoms with Gasteiger partial charge in [0.2, 0.25) is 5.91 Å². The number of benzene rings is 2. The van der Waals surface area contributed by atoms with Crippen LogP contribution in [0.1, 0.15) is 34.1 Å². The van der Waals surface area contributed by atoms with Gasteiger partial charge in [0.1, 0.15) is 12.4 Å². The largest absolute Gasteiger partial charge is 0.490 e. The van der Waals surface area contributed by atoms with E-state index < -0.39 is 11.8 Å². The van der Waals surface area contributed by atoms with Crippen molar-refractivity contribution in [1.82, 2.24) is 16.2 Å². The Balaban J connectivity index is 1.84. The second-order valence-electron chi connectivity index (χ2n) is 6.33. The maximum Gasteiger partial charge on any atom is 0.269 e. The number of carbonyl (C=O) groups excluding carboxylic acids is 3. The van der Waals surface area contributed by atoms with Crippen LogP contribution in [-0.4, -0.2) is 43.2 Å². The molecule has 0 aliphatic heterocycles. The van der Waals surface area contributed by atoms with Gasteiger partial charge >= 0.3 is 0 Å². The molecule has 0 aliphatic rings. The second-order valence-corrected chi connectivity index (χ2v) is 7.59. The zero-order valence-electron chi connectivity index (χ0n) is 17.5. The van der Waals surface area contributed by atoms with Gasteiger partial charge in [-0.3, -0.25) is 30.6 Å². The number of hydrogen-bond acceptors (Lipinski definition) is 6. The lowest BCUT2D eigenvalue weighted by Crippen LogP contribution is -2.48. The normalized spacial score (nSPS) is 10.1. The van der Waals surface area contributed by atoms with Crippen molar-refractivity contribution in [2.24, 2.45) is 0 Å². The Bertz CT molecular complexity index is 985. The number of hydrazine groups is 1. The monoisotopic (exact) mass is 522 g/mol. The van der Waals surface area contributed by atoms with Crippen LogP contribution < -0.4 is 26.2 Å². The van der Waals surface area contributed by atoms with Crippen LogP contribution in [0, 0.1) is 0 Å². The molecular weight excluding hydrogens is 500 g/mol. The maximum atomic E-state index is 12.4. The Morgan fingerprint density at radius 3 is 2.28 bits per heavy atom. The molecule has 2 aromatic carbocycles. The van der Waals surface area contributed by atoms with Crippen molar-refractivity contribution < 1.29 is 23.9 Å². The molecule has 11 heteroatoms. The maximum absolute atomic E-state index is 12.4. The van der Waals surface area contributed by atoms with Gasteiger partial charge in [0.25, 0.3) is 11.8 Å². The number of halogens is 1. The van der Waals surface area contributed by atoms with Gasteiger partial charge in [0, 0.05) is 30.3 Å². The Morgan fingerprint density at radius 2 is 1.66 bits per heavy atom. The first kappa shape index (κ1) is 25.2. The number of ether oxygens (including phenoxy) is 2. The summed E-state index contributed by atoms with van der Waals surface area (Å²) in [6.07, 6.45) is 0.360. The van der Waals surface area contributed by atoms with Crippen LogP contribution in [0.2, 0.25) is 0 Å². The number of anilines is 1. The van der Waals surface area contributed by atoms with Gasteiger partial charge in [-0.15, -0.1) is 0 Å². The Labute approximate surface area is 199 Å². The molecule has 4 N–H and O–H groups in total. The average molecular weight is 523 g/mol. The fraction of sp³-hybridized carbons (Fsp3) is 0.238. The van der Waals surface area contributed by atoms with Gasteiger partial charge in [-0.05, 0) is 70.6 Å². The summed E-state index contributed by atoms with van der Waals surface area (Å²) in [5, 5.41) is 5.09. The van der Waals surface area contributed by atoms with Gasteiger partial charge in [0.05, 0.1) is 11.1 Å². The molecule has 0 saturated carbocycles.